The minimum Gasteiger partial charge on any atom is -0.481 e. The van der Waals surface area contributed by atoms with Crippen molar-refractivity contribution >= 4 is 11.7 Å². The Morgan fingerprint density at radius 2 is 2.18 bits per heavy atom. The van der Waals surface area contributed by atoms with Crippen LogP contribution in [0.1, 0.15) is 5.56 Å². The molecule has 1 rings (SSSR count). The second kappa shape index (κ2) is 5.29. The first kappa shape index (κ1) is 13.0. The molecule has 0 atom stereocenters. The van der Waals surface area contributed by atoms with Gasteiger partial charge in [0.2, 0.25) is 0 Å². The average molecular weight is 239 g/mol. The van der Waals surface area contributed by atoms with Crippen LogP contribution in [0.3, 0.4) is 0 Å². The number of hydrogen-bond acceptors (Lipinski definition) is 3. The average Bonchev–Trinajstić information content (AvgIpc) is 2.26. The maximum absolute atomic E-state index is 13.5. The number of nitrogens with one attached hydrogen (secondary N) is 1. The highest BCUT2D eigenvalue weighted by Crippen LogP contribution is 2.18. The van der Waals surface area contributed by atoms with E-state index in [4.69, 9.17) is 15.9 Å². The highest BCUT2D eigenvalue weighted by Gasteiger charge is 2.09. The van der Waals surface area contributed by atoms with Crippen molar-refractivity contribution in [3.05, 3.63) is 29.6 Å². The Hall–Kier alpha value is -2.11. The molecule has 0 saturated carbocycles. The number of amidine groups is 1. The second-order valence-corrected chi connectivity index (χ2v) is 3.64. The Morgan fingerprint density at radius 1 is 1.53 bits per heavy atom. The lowest BCUT2D eigenvalue weighted by atomic mass is 10.2. The zero-order valence-electron chi connectivity index (χ0n) is 9.66. The topological polar surface area (TPSA) is 79.4 Å². The predicted octanol–water partition coefficient (Wildman–Crippen LogP) is 0.577. The number of carbonyl (C=O) groups is 1. The molecule has 3 N–H and O–H groups in total. The van der Waals surface area contributed by atoms with E-state index < -0.39 is 5.82 Å². The summed E-state index contributed by atoms with van der Waals surface area (Å²) in [6.07, 6.45) is 0. The van der Waals surface area contributed by atoms with Gasteiger partial charge in [0.05, 0.1) is 0 Å². The van der Waals surface area contributed by atoms with Crippen molar-refractivity contribution in [2.24, 2.45) is 5.73 Å². The van der Waals surface area contributed by atoms with Crippen molar-refractivity contribution in [2.45, 2.75) is 0 Å². The third-order valence-electron chi connectivity index (χ3n) is 2.09. The van der Waals surface area contributed by atoms with Gasteiger partial charge >= 0.3 is 0 Å². The van der Waals surface area contributed by atoms with E-state index in [0.29, 0.717) is 0 Å². The van der Waals surface area contributed by atoms with E-state index in [2.05, 4.69) is 0 Å². The van der Waals surface area contributed by atoms with Gasteiger partial charge in [0.1, 0.15) is 5.84 Å². The fraction of sp³-hybridized carbons (Fsp3) is 0.273. The molecule has 1 aromatic carbocycles. The molecular weight excluding hydrogens is 225 g/mol. The van der Waals surface area contributed by atoms with Crippen LogP contribution in [0.4, 0.5) is 4.39 Å². The number of nitrogen functional groups attached to an aromatic ring is 1. The summed E-state index contributed by atoms with van der Waals surface area (Å²) < 4.78 is 18.5. The molecule has 0 aliphatic rings. The van der Waals surface area contributed by atoms with Crippen molar-refractivity contribution < 1.29 is 13.9 Å². The van der Waals surface area contributed by atoms with Gasteiger partial charge in [0.15, 0.2) is 18.2 Å². The minimum absolute atomic E-state index is 0.0369. The first-order valence-corrected chi connectivity index (χ1v) is 4.88. The van der Waals surface area contributed by atoms with Gasteiger partial charge in [-0.25, -0.2) is 4.39 Å². The zero-order chi connectivity index (χ0) is 13.0. The first-order valence-electron chi connectivity index (χ1n) is 4.88. The van der Waals surface area contributed by atoms with E-state index in [1.54, 1.807) is 14.1 Å². The number of nitrogens with zero attached hydrogens (tertiary/aromatic N) is 1. The van der Waals surface area contributed by atoms with Gasteiger partial charge in [-0.2, -0.15) is 0 Å². The lowest BCUT2D eigenvalue weighted by Gasteiger charge is -2.12. The fourth-order valence-corrected chi connectivity index (χ4v) is 1.05. The number of likely N-dealkylation sites (N-methyl/N-ethyl adjacent to an activating group) is 1. The highest BCUT2D eigenvalue weighted by atomic mass is 19.1. The molecule has 0 fully saturated rings. The summed E-state index contributed by atoms with van der Waals surface area (Å²) in [6, 6.07) is 3.90. The molecule has 5 nitrogen and oxygen atoms in total. The summed E-state index contributed by atoms with van der Waals surface area (Å²) in [7, 11) is 3.17. The quantitative estimate of drug-likeness (QED) is 0.595. The van der Waals surface area contributed by atoms with Gasteiger partial charge in [-0.1, -0.05) is 0 Å². The van der Waals surface area contributed by atoms with Crippen LogP contribution in [-0.4, -0.2) is 37.3 Å². The summed E-state index contributed by atoms with van der Waals surface area (Å²) in [5.41, 5.74) is 5.48. The molecule has 1 amide bonds. The van der Waals surface area contributed by atoms with Gasteiger partial charge in [-0.15, -0.1) is 0 Å². The summed E-state index contributed by atoms with van der Waals surface area (Å²) in [5.74, 6) is -1.17. The fourth-order valence-electron chi connectivity index (χ4n) is 1.05. The number of rotatable bonds is 4. The lowest BCUT2D eigenvalue weighted by Crippen LogP contribution is -2.27. The standard InChI is InChI=1S/C11H14FN3O2/c1-15(2)10(16)6-17-9-4-3-7(11(13)14)5-8(9)12/h3-5H,6H2,1-2H3,(H3,13,14). The monoisotopic (exact) mass is 239 g/mol. The van der Waals surface area contributed by atoms with E-state index in [0.717, 1.165) is 6.07 Å². The Labute approximate surface area is 98.5 Å². The molecule has 0 aromatic heterocycles. The van der Waals surface area contributed by atoms with E-state index >= 15 is 0 Å². The van der Waals surface area contributed by atoms with Crippen molar-refractivity contribution in [1.29, 1.82) is 5.41 Å². The lowest BCUT2D eigenvalue weighted by molar-refractivity contribution is -0.130. The Balaban J connectivity index is 2.73. The SMILES string of the molecule is CN(C)C(=O)COc1ccc(C(=N)N)cc1F. The van der Waals surface area contributed by atoms with Crippen LogP contribution >= 0.6 is 0 Å². The molecule has 0 bridgehead atoms. The van der Waals surface area contributed by atoms with Gasteiger partial charge in [0, 0.05) is 19.7 Å². The van der Waals surface area contributed by atoms with Crippen LogP contribution in [0.25, 0.3) is 0 Å². The van der Waals surface area contributed by atoms with E-state index in [1.165, 1.54) is 17.0 Å². The maximum atomic E-state index is 13.5. The van der Waals surface area contributed by atoms with Gasteiger partial charge in [-0.3, -0.25) is 10.2 Å². The highest BCUT2D eigenvalue weighted by molar-refractivity contribution is 5.95. The van der Waals surface area contributed by atoms with Crippen LogP contribution < -0.4 is 10.5 Å². The molecule has 1 aromatic rings. The van der Waals surface area contributed by atoms with Crippen LogP contribution in [0.2, 0.25) is 0 Å². The molecule has 0 spiro atoms. The number of ether oxygens (including phenoxy) is 1. The van der Waals surface area contributed by atoms with E-state index in [9.17, 15) is 9.18 Å². The van der Waals surface area contributed by atoms with Crippen molar-refractivity contribution in [3.63, 3.8) is 0 Å². The smallest absolute Gasteiger partial charge is 0.259 e. The summed E-state index contributed by atoms with van der Waals surface area (Å²) >= 11 is 0. The third-order valence-corrected chi connectivity index (χ3v) is 2.09. The molecule has 6 heteroatoms. The van der Waals surface area contributed by atoms with Crippen LogP contribution in [0.15, 0.2) is 18.2 Å². The van der Waals surface area contributed by atoms with Crippen molar-refractivity contribution in [2.75, 3.05) is 20.7 Å². The zero-order valence-corrected chi connectivity index (χ0v) is 9.66. The Kier molecular flexibility index (Phi) is 4.03. The van der Waals surface area contributed by atoms with Gasteiger partial charge in [0.25, 0.3) is 5.91 Å². The molecule has 17 heavy (non-hydrogen) atoms. The molecule has 0 saturated heterocycles. The number of nitrogens with two attached hydrogens (primary N) is 1. The molecule has 92 valence electrons. The molecule has 0 aliphatic heterocycles. The molecule has 0 aliphatic carbocycles. The van der Waals surface area contributed by atoms with Crippen molar-refractivity contribution in [3.8, 4) is 5.75 Å². The number of hydrogen-bond donors (Lipinski definition) is 2. The summed E-state index contributed by atoms with van der Waals surface area (Å²) in [6.45, 7) is -0.233. The number of halogens is 1. The minimum atomic E-state index is -0.649. The largest absolute Gasteiger partial charge is 0.481 e. The maximum Gasteiger partial charge on any atom is 0.259 e. The van der Waals surface area contributed by atoms with E-state index in [1.807, 2.05) is 0 Å². The molecular formula is C11H14FN3O2. The Bertz CT molecular complexity index is 446. The van der Waals surface area contributed by atoms with Crippen molar-refractivity contribution in [1.82, 2.24) is 4.90 Å². The number of carbonyl (C=O) groups excluding carboxylic acids is 1. The molecule has 0 heterocycles. The predicted molar refractivity (Wildman–Crippen MR) is 61.6 cm³/mol. The van der Waals surface area contributed by atoms with Gasteiger partial charge < -0.3 is 15.4 Å². The van der Waals surface area contributed by atoms with Gasteiger partial charge in [-0.05, 0) is 18.2 Å². The number of amides is 1. The first-order chi connectivity index (χ1) is 7.91. The molecule has 0 unspecified atom stereocenters. The van der Waals surface area contributed by atoms with Crippen LogP contribution in [-0.2, 0) is 4.79 Å². The third kappa shape index (κ3) is 3.44. The van der Waals surface area contributed by atoms with E-state index in [-0.39, 0.29) is 29.7 Å². The second-order valence-electron chi connectivity index (χ2n) is 3.64. The van der Waals surface area contributed by atoms with Crippen LogP contribution in [0, 0.1) is 11.2 Å². The molecule has 0 radical (unpaired) electrons. The van der Waals surface area contributed by atoms with Crippen LogP contribution in [0.5, 0.6) is 5.75 Å². The number of benzene rings is 1. The summed E-state index contributed by atoms with van der Waals surface area (Å²) in [4.78, 5) is 12.6. The Morgan fingerprint density at radius 3 is 2.65 bits per heavy atom. The summed E-state index contributed by atoms with van der Waals surface area (Å²) in [5, 5.41) is 7.14. The normalized spacial score (nSPS) is 9.82.